The van der Waals surface area contributed by atoms with Gasteiger partial charge in [-0.05, 0) is 77.6 Å². The molecular weight excluding hydrogens is 729 g/mol. The van der Waals surface area contributed by atoms with Gasteiger partial charge in [-0.2, -0.15) is 8.61 Å². The van der Waals surface area contributed by atoms with Crippen LogP contribution in [-0.4, -0.2) is 125 Å². The van der Waals surface area contributed by atoms with Crippen LogP contribution in [0.3, 0.4) is 0 Å². The monoisotopic (exact) mass is 788 g/mol. The van der Waals surface area contributed by atoms with Gasteiger partial charge in [0.15, 0.2) is 0 Å². The first kappa shape index (κ1) is 42.3. The first-order chi connectivity index (χ1) is 25.9. The van der Waals surface area contributed by atoms with Crippen molar-refractivity contribution >= 4 is 32.0 Å². The van der Waals surface area contributed by atoms with Crippen molar-refractivity contribution < 1.29 is 35.9 Å². The maximum atomic E-state index is 12.9. The number of ether oxygens (including phenoxy) is 2. The van der Waals surface area contributed by atoms with E-state index in [0.29, 0.717) is 75.4 Å². The van der Waals surface area contributed by atoms with Crippen LogP contribution in [0.25, 0.3) is 0 Å². The van der Waals surface area contributed by atoms with Crippen LogP contribution in [0.5, 0.6) is 0 Å². The van der Waals surface area contributed by atoms with Crippen LogP contribution in [-0.2, 0) is 39.1 Å². The summed E-state index contributed by atoms with van der Waals surface area (Å²) in [6, 6.07) is 14.4. The summed E-state index contributed by atoms with van der Waals surface area (Å²) in [6.45, 7) is 12.9. The summed E-state index contributed by atoms with van der Waals surface area (Å²) in [7, 11) is -6.91. The highest BCUT2D eigenvalue weighted by Gasteiger charge is 2.40. The van der Waals surface area contributed by atoms with Crippen molar-refractivity contribution in [3.8, 4) is 0 Å². The SMILES string of the molecule is CCOC(=O)[C@@H]1CCCC[C@H]1N1CCN(S(=O)(=O)c2ccc(C)cc2)CC1.CCOC(=O)[C@H]1CCCC[C@@H]1N1CCN(S(=O)(=O)c2ccc(C)cc2)CC1. The molecule has 2 aromatic rings. The molecule has 2 aromatic carbocycles. The quantitative estimate of drug-likeness (QED) is 0.308. The molecule has 0 amide bonds. The highest BCUT2D eigenvalue weighted by molar-refractivity contribution is 7.89. The Morgan fingerprint density at radius 2 is 0.852 bits per heavy atom. The molecule has 2 heterocycles. The van der Waals surface area contributed by atoms with E-state index in [1.165, 1.54) is 0 Å². The molecule has 0 aromatic heterocycles. The average Bonchev–Trinajstić information content (AvgIpc) is 3.19. The smallest absolute Gasteiger partial charge is 0.310 e. The molecule has 6 rings (SSSR count). The number of nitrogens with zero attached hydrogens (tertiary/aromatic N) is 4. The highest BCUT2D eigenvalue weighted by atomic mass is 32.2. The minimum atomic E-state index is -3.46. The largest absolute Gasteiger partial charge is 0.466 e. The van der Waals surface area contributed by atoms with Crippen LogP contribution in [0, 0.1) is 25.7 Å². The van der Waals surface area contributed by atoms with Crippen LogP contribution in [0.2, 0.25) is 0 Å². The number of hydrogen-bond donors (Lipinski definition) is 0. The van der Waals surface area contributed by atoms with Crippen LogP contribution < -0.4 is 0 Å². The molecule has 2 aliphatic carbocycles. The van der Waals surface area contributed by atoms with Crippen molar-refractivity contribution in [2.75, 3.05) is 65.6 Å². The standard InChI is InChI=1S/2C20H30N2O4S/c2*1-3-26-20(23)18-6-4-5-7-19(18)21-12-14-22(15-13-21)27(24,25)17-10-8-16(2)9-11-17/h2*8-11,18-19H,3-7,12-15H2,1-2H3/t2*18-,19-/m10/s1. The van der Waals surface area contributed by atoms with Crippen molar-refractivity contribution in [3.05, 3.63) is 59.7 Å². The van der Waals surface area contributed by atoms with Crippen molar-refractivity contribution in [1.82, 2.24) is 18.4 Å². The molecule has 0 unspecified atom stereocenters. The zero-order valence-electron chi connectivity index (χ0n) is 32.5. The van der Waals surface area contributed by atoms with Crippen molar-refractivity contribution in [2.24, 2.45) is 11.8 Å². The normalized spacial score (nSPS) is 25.3. The number of hydrogen-bond acceptors (Lipinski definition) is 10. The van der Waals surface area contributed by atoms with Crippen molar-refractivity contribution in [2.45, 2.75) is 101 Å². The molecule has 4 fully saturated rings. The van der Waals surface area contributed by atoms with Crippen LogP contribution in [0.15, 0.2) is 58.3 Å². The summed E-state index contributed by atoms with van der Waals surface area (Å²) in [5, 5.41) is 0. The van der Waals surface area contributed by atoms with Gasteiger partial charge in [-0.3, -0.25) is 19.4 Å². The maximum absolute atomic E-state index is 12.9. The third kappa shape index (κ3) is 10.3. The lowest BCUT2D eigenvalue weighted by atomic mass is 9.83. The van der Waals surface area contributed by atoms with Gasteiger partial charge in [0.25, 0.3) is 0 Å². The summed E-state index contributed by atoms with van der Waals surface area (Å²) in [6.07, 6.45) is 8.04. The zero-order valence-corrected chi connectivity index (χ0v) is 34.2. The molecule has 0 N–H and O–H groups in total. The zero-order chi connectivity index (χ0) is 38.9. The summed E-state index contributed by atoms with van der Waals surface area (Å²) < 4.78 is 65.2. The molecule has 54 heavy (non-hydrogen) atoms. The molecule has 4 aliphatic rings. The Balaban J connectivity index is 0.000000208. The van der Waals surface area contributed by atoms with Crippen molar-refractivity contribution in [3.63, 3.8) is 0 Å². The molecule has 2 saturated carbocycles. The van der Waals surface area contributed by atoms with E-state index in [1.807, 2.05) is 52.0 Å². The van der Waals surface area contributed by atoms with Gasteiger partial charge in [0.1, 0.15) is 0 Å². The second-order valence-corrected chi connectivity index (χ2v) is 18.8. The van der Waals surface area contributed by atoms with Crippen LogP contribution >= 0.6 is 0 Å². The fourth-order valence-electron chi connectivity index (χ4n) is 8.41. The lowest BCUT2D eigenvalue weighted by Gasteiger charge is -2.43. The van der Waals surface area contributed by atoms with Gasteiger partial charge < -0.3 is 9.47 Å². The van der Waals surface area contributed by atoms with Gasteiger partial charge in [-0.1, -0.05) is 61.1 Å². The number of piperazine rings is 2. The van der Waals surface area contributed by atoms with Gasteiger partial charge in [0.05, 0.1) is 34.8 Å². The minimum absolute atomic E-state index is 0.0843. The Hall–Kier alpha value is -2.88. The van der Waals surface area contributed by atoms with Gasteiger partial charge in [0.2, 0.25) is 20.0 Å². The molecule has 0 spiro atoms. The number of esters is 2. The van der Waals surface area contributed by atoms with Crippen LogP contribution in [0.4, 0.5) is 0 Å². The third-order valence-electron chi connectivity index (χ3n) is 11.4. The fraction of sp³-hybridized carbons (Fsp3) is 0.650. The molecule has 0 radical (unpaired) electrons. The second kappa shape index (κ2) is 19.3. The number of carbonyl (C=O) groups is 2. The van der Waals surface area contributed by atoms with E-state index >= 15 is 0 Å². The van der Waals surface area contributed by atoms with E-state index in [9.17, 15) is 26.4 Å². The van der Waals surface area contributed by atoms with E-state index in [1.54, 1.807) is 32.9 Å². The molecule has 14 heteroatoms. The molecular formula is C40H60N4O8S2. The van der Waals surface area contributed by atoms with E-state index in [0.717, 1.165) is 62.5 Å². The van der Waals surface area contributed by atoms with E-state index in [4.69, 9.17) is 9.47 Å². The Labute approximate surface area is 323 Å². The summed E-state index contributed by atoms with van der Waals surface area (Å²) in [4.78, 5) is 30.0. The summed E-state index contributed by atoms with van der Waals surface area (Å²) in [5.74, 6) is -0.369. The molecule has 0 bridgehead atoms. The third-order valence-corrected chi connectivity index (χ3v) is 15.3. The predicted molar refractivity (Wildman–Crippen MR) is 208 cm³/mol. The van der Waals surface area contributed by atoms with E-state index in [-0.39, 0.29) is 35.9 Å². The molecule has 2 aliphatic heterocycles. The fourth-order valence-corrected chi connectivity index (χ4v) is 11.3. The number of carbonyl (C=O) groups excluding carboxylic acids is 2. The summed E-state index contributed by atoms with van der Waals surface area (Å²) >= 11 is 0. The van der Waals surface area contributed by atoms with Gasteiger partial charge in [-0.15, -0.1) is 0 Å². The van der Waals surface area contributed by atoms with Crippen molar-refractivity contribution in [1.29, 1.82) is 0 Å². The molecule has 300 valence electrons. The minimum Gasteiger partial charge on any atom is -0.466 e. The van der Waals surface area contributed by atoms with E-state index < -0.39 is 20.0 Å². The van der Waals surface area contributed by atoms with E-state index in [2.05, 4.69) is 9.80 Å². The number of sulfonamides is 2. The molecule has 2 saturated heterocycles. The molecule has 12 nitrogen and oxygen atoms in total. The first-order valence-electron chi connectivity index (χ1n) is 19.8. The Morgan fingerprint density at radius 3 is 1.17 bits per heavy atom. The average molecular weight is 789 g/mol. The second-order valence-electron chi connectivity index (χ2n) is 14.9. The van der Waals surface area contributed by atoms with Gasteiger partial charge in [0, 0.05) is 64.4 Å². The number of benzene rings is 2. The highest BCUT2D eigenvalue weighted by Crippen LogP contribution is 2.32. The van der Waals surface area contributed by atoms with Gasteiger partial charge in [-0.25, -0.2) is 16.8 Å². The lowest BCUT2D eigenvalue weighted by molar-refractivity contribution is -0.153. The maximum Gasteiger partial charge on any atom is 0.310 e. The topological polar surface area (TPSA) is 134 Å². The first-order valence-corrected chi connectivity index (χ1v) is 22.7. The Morgan fingerprint density at radius 1 is 0.537 bits per heavy atom. The Kier molecular flexibility index (Phi) is 15.1. The van der Waals surface area contributed by atoms with Gasteiger partial charge >= 0.3 is 11.9 Å². The lowest BCUT2D eigenvalue weighted by Crippen LogP contribution is -2.55. The Bertz CT molecular complexity index is 1610. The number of aryl methyl sites for hydroxylation is 2. The predicted octanol–water partition coefficient (Wildman–Crippen LogP) is 4.85. The summed E-state index contributed by atoms with van der Waals surface area (Å²) in [5.41, 5.74) is 2.09. The van der Waals surface area contributed by atoms with Crippen LogP contribution in [0.1, 0.15) is 76.3 Å². The molecule has 4 atom stereocenters. The number of rotatable bonds is 10.